The second-order valence-corrected chi connectivity index (χ2v) is 0.835. The summed E-state index contributed by atoms with van der Waals surface area (Å²) in [7, 11) is 0. The van der Waals surface area contributed by atoms with E-state index in [9.17, 15) is 4.79 Å². The monoisotopic (exact) mass is 239 g/mol. The summed E-state index contributed by atoms with van der Waals surface area (Å²) in [6.07, 6.45) is -0.961. The minimum absolute atomic E-state index is 0. The first-order chi connectivity index (χ1) is 2.77. The van der Waals surface area contributed by atoms with Gasteiger partial charge in [0.25, 0.3) is 0 Å². The molecule has 44 valence electrons. The van der Waals surface area contributed by atoms with Crippen molar-refractivity contribution in [1.82, 2.24) is 5.32 Å². The Morgan fingerprint density at radius 1 is 1.75 bits per heavy atom. The minimum atomic E-state index is -0.961. The Labute approximate surface area is 87.5 Å². The van der Waals surface area contributed by atoms with Crippen LogP contribution in [0.25, 0.3) is 0 Å². The minimum Gasteiger partial charge on any atom is -1.00 e. The maximum absolute atomic E-state index is 9.49. The summed E-state index contributed by atoms with van der Waals surface area (Å²) in [6, 6.07) is 0. The molecule has 0 fully saturated rings. The molecule has 0 aliphatic heterocycles. The van der Waals surface area contributed by atoms with E-state index in [1.807, 2.05) is 0 Å². The maximum Gasteiger partial charge on any atom is 1.00 e. The van der Waals surface area contributed by atoms with Crippen molar-refractivity contribution >= 4 is 6.09 Å². The fraction of sp³-hybridized carbons (Fsp3) is 0.667. The van der Waals surface area contributed by atoms with E-state index in [2.05, 4.69) is 5.32 Å². The zero-order valence-electron chi connectivity index (χ0n) is 4.94. The van der Waals surface area contributed by atoms with Gasteiger partial charge in [0.15, 0.2) is 0 Å². The van der Waals surface area contributed by atoms with Crippen molar-refractivity contribution in [1.29, 1.82) is 0 Å². The van der Waals surface area contributed by atoms with Gasteiger partial charge in [0.05, 0.1) is 0 Å². The van der Waals surface area contributed by atoms with E-state index in [4.69, 9.17) is 5.11 Å². The van der Waals surface area contributed by atoms with E-state index >= 15 is 0 Å². The summed E-state index contributed by atoms with van der Waals surface area (Å²) in [5, 5.41) is 9.93. The molecule has 2 N–H and O–H groups in total. The molecule has 0 spiro atoms. The van der Waals surface area contributed by atoms with Gasteiger partial charge in [-0.1, -0.05) is 0 Å². The molecule has 0 saturated carbocycles. The second kappa shape index (κ2) is 10.9. The first-order valence-corrected chi connectivity index (χ1v) is 1.74. The van der Waals surface area contributed by atoms with Crippen molar-refractivity contribution in [2.45, 2.75) is 6.92 Å². The number of carbonyl (C=O) groups is 1. The van der Waals surface area contributed by atoms with E-state index in [0.717, 1.165) is 0 Å². The molecule has 8 heavy (non-hydrogen) atoms. The summed E-state index contributed by atoms with van der Waals surface area (Å²) < 4.78 is 0. The van der Waals surface area contributed by atoms with Gasteiger partial charge >= 0.3 is 35.7 Å². The normalized spacial score (nSPS) is 5.62. The van der Waals surface area contributed by atoms with Gasteiger partial charge < -0.3 is 34.4 Å². The second-order valence-electron chi connectivity index (χ2n) is 0.835. The Morgan fingerprint density at radius 2 is 2.12 bits per heavy atom. The van der Waals surface area contributed by atoms with Crippen LogP contribution in [0, 0.1) is 0 Å². The van der Waals surface area contributed by atoms with E-state index in [-0.39, 0.29) is 53.5 Å². The molecular formula is C3H7INNaO2. The van der Waals surface area contributed by atoms with Gasteiger partial charge in [-0.05, 0) is 6.92 Å². The first-order valence-electron chi connectivity index (χ1n) is 1.74. The van der Waals surface area contributed by atoms with Crippen molar-refractivity contribution in [2.75, 3.05) is 6.54 Å². The van der Waals surface area contributed by atoms with Gasteiger partial charge in [0.2, 0.25) is 0 Å². The van der Waals surface area contributed by atoms with Gasteiger partial charge in [0.1, 0.15) is 0 Å². The SMILES string of the molecule is CCNC(=O)O.[I-].[Na+]. The number of nitrogens with one attached hydrogen (secondary N) is 1. The number of rotatable bonds is 1. The molecule has 0 bridgehead atoms. The van der Waals surface area contributed by atoms with Crippen LogP contribution >= 0.6 is 0 Å². The molecule has 3 nitrogen and oxygen atoms in total. The van der Waals surface area contributed by atoms with Crippen LogP contribution in [0.4, 0.5) is 4.79 Å². The van der Waals surface area contributed by atoms with Crippen molar-refractivity contribution in [3.63, 3.8) is 0 Å². The van der Waals surface area contributed by atoms with Gasteiger partial charge in [-0.2, -0.15) is 0 Å². The molecule has 1 amide bonds. The quantitative estimate of drug-likeness (QED) is 0.354. The topological polar surface area (TPSA) is 49.3 Å². The summed E-state index contributed by atoms with van der Waals surface area (Å²) in [6.45, 7) is 2.21. The molecule has 5 heteroatoms. The molecule has 0 heterocycles. The Kier molecular flexibility index (Phi) is 21.8. The van der Waals surface area contributed by atoms with Crippen molar-refractivity contribution < 1.29 is 63.4 Å². The molecule has 0 radical (unpaired) electrons. The molecule has 0 atom stereocenters. The molecule has 0 aromatic heterocycles. The van der Waals surface area contributed by atoms with Crippen LogP contribution in [0.2, 0.25) is 0 Å². The third kappa shape index (κ3) is 15.8. The van der Waals surface area contributed by atoms with E-state index in [1.165, 1.54) is 0 Å². The van der Waals surface area contributed by atoms with Crippen LogP contribution in [-0.2, 0) is 0 Å². The number of halogens is 1. The van der Waals surface area contributed by atoms with Crippen LogP contribution in [0.3, 0.4) is 0 Å². The molecule has 0 unspecified atom stereocenters. The largest absolute Gasteiger partial charge is 1.00 e. The molecule has 0 aromatic carbocycles. The number of hydrogen-bond acceptors (Lipinski definition) is 1. The summed E-state index contributed by atoms with van der Waals surface area (Å²) in [5.41, 5.74) is 0. The predicted octanol–water partition coefficient (Wildman–Crippen LogP) is -5.72. The fourth-order valence-corrected chi connectivity index (χ4v) is 0.151. The predicted molar refractivity (Wildman–Crippen MR) is 21.7 cm³/mol. The molecule has 0 saturated heterocycles. The van der Waals surface area contributed by atoms with Crippen LogP contribution in [0.5, 0.6) is 0 Å². The molecule has 0 aromatic rings. The van der Waals surface area contributed by atoms with Gasteiger partial charge in [-0.25, -0.2) is 4.79 Å². The van der Waals surface area contributed by atoms with Gasteiger partial charge in [0, 0.05) is 6.54 Å². The van der Waals surface area contributed by atoms with Crippen LogP contribution in [-0.4, -0.2) is 17.7 Å². The summed E-state index contributed by atoms with van der Waals surface area (Å²) in [4.78, 5) is 9.49. The Hall–Kier alpha value is 1.00. The number of amides is 1. The first kappa shape index (κ1) is 16.0. The Bertz CT molecular complexity index is 61.2. The van der Waals surface area contributed by atoms with Crippen molar-refractivity contribution in [2.24, 2.45) is 0 Å². The average Bonchev–Trinajstić information content (AvgIpc) is 1.35. The molecule has 0 aliphatic carbocycles. The third-order valence-electron chi connectivity index (χ3n) is 0.328. The van der Waals surface area contributed by atoms with Gasteiger partial charge in [-0.3, -0.25) is 0 Å². The molecule has 0 rings (SSSR count). The zero-order valence-corrected chi connectivity index (χ0v) is 9.10. The van der Waals surface area contributed by atoms with E-state index in [0.29, 0.717) is 6.54 Å². The molecular weight excluding hydrogens is 232 g/mol. The fourth-order valence-electron chi connectivity index (χ4n) is 0.151. The molecule has 0 aliphatic rings. The van der Waals surface area contributed by atoms with E-state index < -0.39 is 6.09 Å². The third-order valence-corrected chi connectivity index (χ3v) is 0.328. The van der Waals surface area contributed by atoms with Crippen LogP contribution < -0.4 is 58.9 Å². The van der Waals surface area contributed by atoms with Gasteiger partial charge in [-0.15, -0.1) is 0 Å². The Balaban J connectivity index is -0.000000125. The smallest absolute Gasteiger partial charge is 1.00 e. The van der Waals surface area contributed by atoms with Crippen molar-refractivity contribution in [3.8, 4) is 0 Å². The van der Waals surface area contributed by atoms with E-state index in [1.54, 1.807) is 6.92 Å². The maximum atomic E-state index is 9.49. The Morgan fingerprint density at radius 3 is 2.12 bits per heavy atom. The zero-order chi connectivity index (χ0) is 4.99. The average molecular weight is 239 g/mol. The van der Waals surface area contributed by atoms with Crippen LogP contribution in [0.15, 0.2) is 0 Å². The summed E-state index contributed by atoms with van der Waals surface area (Å²) in [5.74, 6) is 0. The standard InChI is InChI=1S/C3H7NO2.HI.Na/c1-2-4-3(5)6;;/h4H,2H2,1H3,(H,5,6);1H;/q;;+1/p-1. The van der Waals surface area contributed by atoms with Crippen LogP contribution in [0.1, 0.15) is 6.92 Å². The number of carboxylic acid groups (broad SMARTS) is 1. The van der Waals surface area contributed by atoms with Crippen molar-refractivity contribution in [3.05, 3.63) is 0 Å². The number of hydrogen-bond donors (Lipinski definition) is 2. The summed E-state index contributed by atoms with van der Waals surface area (Å²) >= 11 is 0.